The molecule has 0 unspecified atom stereocenters. The van der Waals surface area contributed by atoms with Crippen LogP contribution in [0.4, 0.5) is 0 Å². The highest BCUT2D eigenvalue weighted by atomic mass is 79.9. The minimum atomic E-state index is 0.567. The van der Waals surface area contributed by atoms with E-state index >= 15 is 0 Å². The summed E-state index contributed by atoms with van der Waals surface area (Å²) < 4.78 is 3.33. The molecule has 0 saturated heterocycles. The van der Waals surface area contributed by atoms with Crippen molar-refractivity contribution in [1.29, 1.82) is 0 Å². The van der Waals surface area contributed by atoms with Crippen LogP contribution in [-0.2, 0) is 6.42 Å². The van der Waals surface area contributed by atoms with Gasteiger partial charge in [0.05, 0.1) is 11.0 Å². The molecule has 0 saturated carbocycles. The van der Waals surface area contributed by atoms with Gasteiger partial charge in [-0.3, -0.25) is 4.57 Å². The first-order valence-corrected chi connectivity index (χ1v) is 8.24. The smallest absolute Gasteiger partial charge is 0.115 e. The molecular weight excluding hydrogens is 348 g/mol. The van der Waals surface area contributed by atoms with Crippen molar-refractivity contribution in [3.63, 3.8) is 0 Å². The van der Waals surface area contributed by atoms with Crippen LogP contribution in [0.2, 0.25) is 0 Å². The van der Waals surface area contributed by atoms with Crippen LogP contribution in [0, 0.1) is 13.8 Å². The lowest BCUT2D eigenvalue weighted by atomic mass is 10.2. The number of nitrogens with zero attached hydrogens (tertiary/aromatic N) is 2. The minimum absolute atomic E-state index is 0.567. The van der Waals surface area contributed by atoms with E-state index in [4.69, 9.17) is 16.6 Å². The zero-order chi connectivity index (χ0) is 15.0. The van der Waals surface area contributed by atoms with Crippen LogP contribution in [0.5, 0.6) is 0 Å². The summed E-state index contributed by atoms with van der Waals surface area (Å²) in [4.78, 5) is 4.80. The molecule has 1 heterocycles. The predicted molar refractivity (Wildman–Crippen MR) is 92.7 cm³/mol. The van der Waals surface area contributed by atoms with Gasteiger partial charge in [0.25, 0.3) is 0 Å². The summed E-state index contributed by atoms with van der Waals surface area (Å²) in [6.07, 6.45) is 0.755. The minimum Gasteiger partial charge on any atom is -0.296 e. The van der Waals surface area contributed by atoms with Gasteiger partial charge in [0.2, 0.25) is 0 Å². The van der Waals surface area contributed by atoms with Gasteiger partial charge in [-0.25, -0.2) is 4.98 Å². The molecule has 4 heteroatoms. The molecule has 0 fully saturated rings. The Morgan fingerprint density at radius 2 is 1.95 bits per heavy atom. The Kier molecular flexibility index (Phi) is 4.05. The first-order chi connectivity index (χ1) is 10.1. The van der Waals surface area contributed by atoms with Crippen molar-refractivity contribution >= 4 is 38.6 Å². The van der Waals surface area contributed by atoms with Crippen molar-refractivity contribution in [1.82, 2.24) is 9.55 Å². The van der Waals surface area contributed by atoms with Gasteiger partial charge >= 0.3 is 0 Å². The van der Waals surface area contributed by atoms with Gasteiger partial charge in [-0.15, -0.1) is 11.6 Å². The molecule has 0 atom stereocenters. The SMILES string of the molecule is Cc1cc(-n2c(CCCl)nc3c(C)cccc32)ccc1Br. The van der Waals surface area contributed by atoms with Crippen LogP contribution in [-0.4, -0.2) is 15.4 Å². The standard InChI is InChI=1S/C17H16BrClN2/c1-11-4-3-5-15-17(11)20-16(8-9-19)21(15)13-6-7-14(18)12(2)10-13/h3-7,10H,8-9H2,1-2H3. The molecule has 3 aromatic rings. The van der Waals surface area contributed by atoms with Crippen molar-refractivity contribution in [3.05, 3.63) is 57.8 Å². The van der Waals surface area contributed by atoms with Gasteiger partial charge < -0.3 is 0 Å². The summed E-state index contributed by atoms with van der Waals surface area (Å²) in [6, 6.07) is 12.6. The fraction of sp³-hybridized carbons (Fsp3) is 0.235. The number of hydrogen-bond acceptors (Lipinski definition) is 1. The fourth-order valence-electron chi connectivity index (χ4n) is 2.60. The lowest BCUT2D eigenvalue weighted by Gasteiger charge is -2.10. The third-order valence-electron chi connectivity index (χ3n) is 3.67. The van der Waals surface area contributed by atoms with Gasteiger partial charge in [-0.2, -0.15) is 0 Å². The Bertz CT molecular complexity index is 808. The van der Waals surface area contributed by atoms with E-state index < -0.39 is 0 Å². The van der Waals surface area contributed by atoms with Crippen LogP contribution >= 0.6 is 27.5 Å². The van der Waals surface area contributed by atoms with Gasteiger partial charge in [-0.1, -0.05) is 28.1 Å². The Hall–Kier alpha value is -1.32. The normalized spacial score (nSPS) is 11.2. The Morgan fingerprint density at radius 1 is 1.14 bits per heavy atom. The summed E-state index contributed by atoms with van der Waals surface area (Å²) in [7, 11) is 0. The van der Waals surface area contributed by atoms with Crippen molar-refractivity contribution in [2.24, 2.45) is 0 Å². The van der Waals surface area contributed by atoms with E-state index in [1.54, 1.807) is 0 Å². The van der Waals surface area contributed by atoms with Crippen molar-refractivity contribution in [2.75, 3.05) is 5.88 Å². The number of rotatable bonds is 3. The zero-order valence-corrected chi connectivity index (χ0v) is 14.4. The Labute approximate surface area is 137 Å². The van der Waals surface area contributed by atoms with Crippen molar-refractivity contribution in [2.45, 2.75) is 20.3 Å². The molecule has 2 nitrogen and oxygen atoms in total. The molecule has 0 amide bonds. The number of aryl methyl sites for hydroxylation is 3. The van der Waals surface area contributed by atoms with E-state index in [1.807, 2.05) is 0 Å². The van der Waals surface area contributed by atoms with Crippen LogP contribution < -0.4 is 0 Å². The number of para-hydroxylation sites is 1. The van der Waals surface area contributed by atoms with E-state index in [9.17, 15) is 0 Å². The molecule has 0 bridgehead atoms. The molecule has 0 aliphatic heterocycles. The second-order valence-corrected chi connectivity index (χ2v) is 6.41. The molecule has 0 aliphatic carbocycles. The number of aromatic nitrogens is 2. The average molecular weight is 364 g/mol. The number of benzene rings is 2. The highest BCUT2D eigenvalue weighted by Gasteiger charge is 2.13. The monoisotopic (exact) mass is 362 g/mol. The van der Waals surface area contributed by atoms with Gasteiger partial charge in [0.15, 0.2) is 0 Å². The lowest BCUT2D eigenvalue weighted by molar-refractivity contribution is 0.911. The molecule has 0 aliphatic rings. The van der Waals surface area contributed by atoms with Gasteiger partial charge in [-0.05, 0) is 49.2 Å². The van der Waals surface area contributed by atoms with E-state index in [-0.39, 0.29) is 0 Å². The zero-order valence-electron chi connectivity index (χ0n) is 12.0. The summed E-state index contributed by atoms with van der Waals surface area (Å²) in [6.45, 7) is 4.19. The summed E-state index contributed by atoms with van der Waals surface area (Å²) in [5.74, 6) is 1.58. The maximum absolute atomic E-state index is 5.96. The quantitative estimate of drug-likeness (QED) is 0.586. The molecule has 3 rings (SSSR count). The third kappa shape index (κ3) is 2.60. The predicted octanol–water partition coefficient (Wildman–Crippen LogP) is 5.19. The molecule has 1 aromatic heterocycles. The van der Waals surface area contributed by atoms with E-state index in [0.29, 0.717) is 5.88 Å². The maximum atomic E-state index is 5.96. The van der Waals surface area contributed by atoms with E-state index in [2.05, 4.69) is 70.7 Å². The Morgan fingerprint density at radius 3 is 2.67 bits per heavy atom. The van der Waals surface area contributed by atoms with Crippen LogP contribution in [0.15, 0.2) is 40.9 Å². The molecule has 0 radical (unpaired) electrons. The third-order valence-corrected chi connectivity index (χ3v) is 4.75. The highest BCUT2D eigenvalue weighted by molar-refractivity contribution is 9.10. The molecule has 21 heavy (non-hydrogen) atoms. The summed E-state index contributed by atoms with van der Waals surface area (Å²) >= 11 is 9.52. The summed E-state index contributed by atoms with van der Waals surface area (Å²) in [5.41, 5.74) is 5.72. The van der Waals surface area contributed by atoms with Gasteiger partial charge in [0, 0.05) is 22.5 Å². The van der Waals surface area contributed by atoms with Crippen LogP contribution in [0.3, 0.4) is 0 Å². The number of fused-ring (bicyclic) bond motifs is 1. The molecular formula is C17H16BrClN2. The Balaban J connectivity index is 2.30. The summed E-state index contributed by atoms with van der Waals surface area (Å²) in [5, 5.41) is 0. The highest BCUT2D eigenvalue weighted by Crippen LogP contribution is 2.27. The van der Waals surface area contributed by atoms with Crippen LogP contribution in [0.1, 0.15) is 17.0 Å². The van der Waals surface area contributed by atoms with Crippen molar-refractivity contribution in [3.8, 4) is 5.69 Å². The molecule has 108 valence electrons. The second-order valence-electron chi connectivity index (χ2n) is 5.18. The molecule has 0 spiro atoms. The maximum Gasteiger partial charge on any atom is 0.115 e. The lowest BCUT2D eigenvalue weighted by Crippen LogP contribution is -2.02. The van der Waals surface area contributed by atoms with E-state index in [1.165, 1.54) is 11.1 Å². The van der Waals surface area contributed by atoms with Crippen LogP contribution in [0.25, 0.3) is 16.7 Å². The first kappa shape index (κ1) is 14.6. The average Bonchev–Trinajstić information content (AvgIpc) is 2.82. The topological polar surface area (TPSA) is 17.8 Å². The van der Waals surface area contributed by atoms with Crippen molar-refractivity contribution < 1.29 is 0 Å². The van der Waals surface area contributed by atoms with Gasteiger partial charge in [0.1, 0.15) is 5.82 Å². The van der Waals surface area contributed by atoms with E-state index in [0.717, 1.165) is 33.4 Å². The molecule has 2 aromatic carbocycles. The molecule has 0 N–H and O–H groups in total. The second kappa shape index (κ2) is 5.82. The number of alkyl halides is 1. The number of imidazole rings is 1. The number of halogens is 2. The largest absolute Gasteiger partial charge is 0.296 e. The number of hydrogen-bond donors (Lipinski definition) is 0. The fourth-order valence-corrected chi connectivity index (χ4v) is 3.01. The first-order valence-electron chi connectivity index (χ1n) is 6.91.